The van der Waals surface area contributed by atoms with E-state index in [1.807, 2.05) is 0 Å². The van der Waals surface area contributed by atoms with Crippen molar-refractivity contribution >= 4 is 21.9 Å². The van der Waals surface area contributed by atoms with Gasteiger partial charge in [0.05, 0.1) is 11.4 Å². The number of aliphatic carboxylic acids is 1. The fourth-order valence-electron chi connectivity index (χ4n) is 2.54. The second-order valence-electron chi connectivity index (χ2n) is 6.39. The number of carbonyl (C=O) groups is 2. The Morgan fingerprint density at radius 1 is 1.36 bits per heavy atom. The number of halogens is 1. The summed E-state index contributed by atoms with van der Waals surface area (Å²) in [7, 11) is -2.32. The average Bonchev–Trinajstić information content (AvgIpc) is 2.97. The van der Waals surface area contributed by atoms with Crippen LogP contribution >= 0.6 is 0 Å². The number of sulfonamides is 1. The van der Waals surface area contributed by atoms with Gasteiger partial charge in [-0.05, 0) is 32.0 Å². The molecule has 1 unspecified atom stereocenters. The summed E-state index contributed by atoms with van der Waals surface area (Å²) in [6.07, 6.45) is -0.290. The van der Waals surface area contributed by atoms with Gasteiger partial charge in [-0.15, -0.1) is 0 Å². The first-order valence-electron chi connectivity index (χ1n) is 7.79. The topological polar surface area (TPSA) is 95.0 Å². The first-order valence-corrected chi connectivity index (χ1v) is 9.23. The molecule has 1 aliphatic rings. The minimum Gasteiger partial charge on any atom is -0.479 e. The molecule has 1 aromatic carbocycles. The van der Waals surface area contributed by atoms with E-state index in [1.54, 1.807) is 13.8 Å². The van der Waals surface area contributed by atoms with Crippen LogP contribution in [-0.4, -0.2) is 66.5 Å². The summed E-state index contributed by atoms with van der Waals surface area (Å²) in [5, 5.41) is 8.91. The number of hydrogen-bond acceptors (Lipinski definition) is 4. The van der Waals surface area contributed by atoms with Gasteiger partial charge in [-0.1, -0.05) is 6.07 Å². The summed E-state index contributed by atoms with van der Waals surface area (Å²) < 4.78 is 40.4. The van der Waals surface area contributed by atoms with Crippen LogP contribution in [0.1, 0.15) is 30.6 Å². The van der Waals surface area contributed by atoms with Gasteiger partial charge in [0.15, 0.2) is 0 Å². The first-order chi connectivity index (χ1) is 11.5. The van der Waals surface area contributed by atoms with Crippen LogP contribution in [0.3, 0.4) is 0 Å². The molecule has 1 saturated heterocycles. The van der Waals surface area contributed by atoms with Crippen molar-refractivity contribution in [2.45, 2.75) is 36.9 Å². The van der Waals surface area contributed by atoms with Crippen molar-refractivity contribution < 1.29 is 27.5 Å². The molecule has 7 nitrogen and oxygen atoms in total. The van der Waals surface area contributed by atoms with Crippen LogP contribution in [-0.2, 0) is 14.8 Å². The maximum atomic E-state index is 14.1. The molecule has 1 atom stereocenters. The van der Waals surface area contributed by atoms with Gasteiger partial charge in [0, 0.05) is 31.6 Å². The largest absolute Gasteiger partial charge is 0.479 e. The number of hydrogen-bond donors (Lipinski definition) is 1. The maximum absolute atomic E-state index is 14.1. The Morgan fingerprint density at radius 2 is 2.00 bits per heavy atom. The van der Waals surface area contributed by atoms with Crippen molar-refractivity contribution in [2.24, 2.45) is 0 Å². The molecule has 25 heavy (non-hydrogen) atoms. The van der Waals surface area contributed by atoms with Crippen LogP contribution in [0, 0.1) is 0 Å². The van der Waals surface area contributed by atoms with Crippen molar-refractivity contribution in [3.63, 3.8) is 0 Å². The number of amides is 1. The highest BCUT2D eigenvalue weighted by Crippen LogP contribution is 2.27. The molecule has 0 aliphatic carbocycles. The molecule has 2 rings (SSSR count). The third-order valence-corrected chi connectivity index (χ3v) is 6.40. The second-order valence-corrected chi connectivity index (χ2v) is 8.39. The lowest BCUT2D eigenvalue weighted by molar-refractivity contribution is -0.149. The number of carboxylic acid groups (broad SMARTS) is 1. The zero-order valence-corrected chi connectivity index (χ0v) is 15.1. The van der Waals surface area contributed by atoms with Gasteiger partial charge in [-0.25, -0.2) is 17.6 Å². The standard InChI is InChI=1S/C16H21FN2O5S/c1-11(2)18(3)25(23,24)13-6-4-5-12(9-13)14(20)19-8-7-16(17,10-19)15(21)22/h4-6,9,11H,7-8,10H2,1-3H3,(H,21,22). The Morgan fingerprint density at radius 3 is 2.52 bits per heavy atom. The van der Waals surface area contributed by atoms with Gasteiger partial charge in [0.1, 0.15) is 0 Å². The van der Waals surface area contributed by atoms with Crippen LogP contribution in [0.2, 0.25) is 0 Å². The SMILES string of the molecule is CC(C)N(C)S(=O)(=O)c1cccc(C(=O)N2CCC(F)(C(=O)O)C2)c1. The quantitative estimate of drug-likeness (QED) is 0.842. The van der Waals surface area contributed by atoms with E-state index in [0.29, 0.717) is 0 Å². The summed E-state index contributed by atoms with van der Waals surface area (Å²) in [4.78, 5) is 24.5. The van der Waals surface area contributed by atoms with E-state index in [-0.39, 0.29) is 29.5 Å². The molecule has 138 valence electrons. The van der Waals surface area contributed by atoms with Crippen LogP contribution in [0.4, 0.5) is 4.39 Å². The van der Waals surface area contributed by atoms with E-state index in [4.69, 9.17) is 5.11 Å². The molecule has 0 bridgehead atoms. The predicted molar refractivity (Wildman–Crippen MR) is 88.5 cm³/mol. The van der Waals surface area contributed by atoms with Crippen molar-refractivity contribution in [3.05, 3.63) is 29.8 Å². The lowest BCUT2D eigenvalue weighted by Crippen LogP contribution is -2.39. The first kappa shape index (κ1) is 19.3. The Balaban J connectivity index is 2.28. The molecule has 1 amide bonds. The monoisotopic (exact) mass is 372 g/mol. The highest BCUT2D eigenvalue weighted by atomic mass is 32.2. The average molecular weight is 372 g/mol. The number of benzene rings is 1. The molecule has 0 aromatic heterocycles. The van der Waals surface area contributed by atoms with E-state index in [0.717, 1.165) is 4.90 Å². The van der Waals surface area contributed by atoms with Crippen LogP contribution in [0.5, 0.6) is 0 Å². The minimum absolute atomic E-state index is 0.0372. The third-order valence-electron chi connectivity index (χ3n) is 4.38. The Bertz CT molecular complexity index is 795. The lowest BCUT2D eigenvalue weighted by Gasteiger charge is -2.22. The zero-order chi connectivity index (χ0) is 19.0. The molecule has 1 aromatic rings. The van der Waals surface area contributed by atoms with E-state index in [1.165, 1.54) is 35.6 Å². The summed E-state index contributed by atoms with van der Waals surface area (Å²) in [5.41, 5.74) is -2.38. The molecular weight excluding hydrogens is 351 g/mol. The van der Waals surface area contributed by atoms with E-state index in [9.17, 15) is 22.4 Å². The van der Waals surface area contributed by atoms with E-state index >= 15 is 0 Å². The summed E-state index contributed by atoms with van der Waals surface area (Å²) in [6, 6.07) is 5.21. The molecule has 0 spiro atoms. The van der Waals surface area contributed by atoms with Gasteiger partial charge in [0.25, 0.3) is 5.91 Å². The summed E-state index contributed by atoms with van der Waals surface area (Å²) in [5.74, 6) is -2.19. The lowest BCUT2D eigenvalue weighted by atomic mass is 10.1. The van der Waals surface area contributed by atoms with Gasteiger partial charge >= 0.3 is 5.97 Å². The smallest absolute Gasteiger partial charge is 0.343 e. The summed E-state index contributed by atoms with van der Waals surface area (Å²) in [6.45, 7) is 2.86. The Hall–Kier alpha value is -2.00. The number of carbonyl (C=O) groups excluding carboxylic acids is 1. The molecule has 1 fully saturated rings. The summed E-state index contributed by atoms with van der Waals surface area (Å²) >= 11 is 0. The van der Waals surface area contributed by atoms with Gasteiger partial charge in [-0.2, -0.15) is 4.31 Å². The molecule has 1 aliphatic heterocycles. The highest BCUT2D eigenvalue weighted by molar-refractivity contribution is 7.89. The van der Waals surface area contributed by atoms with Crippen molar-refractivity contribution in [3.8, 4) is 0 Å². The maximum Gasteiger partial charge on any atom is 0.343 e. The molecule has 0 radical (unpaired) electrons. The van der Waals surface area contributed by atoms with Crippen molar-refractivity contribution in [2.75, 3.05) is 20.1 Å². The highest BCUT2D eigenvalue weighted by Gasteiger charge is 2.47. The fraction of sp³-hybridized carbons (Fsp3) is 0.500. The van der Waals surface area contributed by atoms with Crippen LogP contribution < -0.4 is 0 Å². The number of rotatable bonds is 5. The number of likely N-dealkylation sites (tertiary alicyclic amines) is 1. The van der Waals surface area contributed by atoms with Crippen molar-refractivity contribution in [1.82, 2.24) is 9.21 Å². The van der Waals surface area contributed by atoms with Crippen molar-refractivity contribution in [1.29, 1.82) is 0 Å². The zero-order valence-electron chi connectivity index (χ0n) is 14.3. The predicted octanol–water partition coefficient (Wildman–Crippen LogP) is 1.35. The van der Waals surface area contributed by atoms with Crippen LogP contribution in [0.15, 0.2) is 29.2 Å². The number of alkyl halides is 1. The molecule has 1 N–H and O–H groups in total. The Labute approximate surface area is 146 Å². The number of nitrogens with zero attached hydrogens (tertiary/aromatic N) is 2. The van der Waals surface area contributed by atoms with E-state index < -0.39 is 34.1 Å². The fourth-order valence-corrected chi connectivity index (χ4v) is 3.95. The minimum atomic E-state index is -3.76. The molecule has 9 heteroatoms. The van der Waals surface area contributed by atoms with E-state index in [2.05, 4.69) is 0 Å². The Kier molecular flexibility index (Phi) is 5.19. The van der Waals surface area contributed by atoms with Gasteiger partial charge in [-0.3, -0.25) is 4.79 Å². The molecule has 1 heterocycles. The third kappa shape index (κ3) is 3.67. The van der Waals surface area contributed by atoms with Gasteiger partial charge < -0.3 is 10.0 Å². The molecular formula is C16H21FN2O5S. The number of carboxylic acids is 1. The van der Waals surface area contributed by atoms with Crippen LogP contribution in [0.25, 0.3) is 0 Å². The van der Waals surface area contributed by atoms with Gasteiger partial charge in [0.2, 0.25) is 15.7 Å². The second kappa shape index (κ2) is 6.72. The molecule has 0 saturated carbocycles. The normalized spacial score (nSPS) is 21.1.